The van der Waals surface area contributed by atoms with E-state index in [2.05, 4.69) is 25.8 Å². The topological polar surface area (TPSA) is 82.6 Å². The summed E-state index contributed by atoms with van der Waals surface area (Å²) in [5.74, 6) is 0. The molecule has 22 heavy (non-hydrogen) atoms. The van der Waals surface area contributed by atoms with Gasteiger partial charge in [-0.15, -0.1) is 0 Å². The lowest BCUT2D eigenvalue weighted by molar-refractivity contribution is -0.106. The fourth-order valence-corrected chi connectivity index (χ4v) is 3.71. The Morgan fingerprint density at radius 1 is 1.50 bits per heavy atom. The lowest BCUT2D eigenvalue weighted by Crippen LogP contribution is -2.55. The molecule has 1 spiro atoms. The summed E-state index contributed by atoms with van der Waals surface area (Å²) in [5.41, 5.74) is 1.13. The number of ether oxygens (including phenoxy) is 1. The SMILES string of the molecule is CC(C)(C)C1CC2(CCN1C(=O)O)OCc1cc(=O)[nH]cc12. The molecule has 1 saturated heterocycles. The van der Waals surface area contributed by atoms with Gasteiger partial charge in [0.1, 0.15) is 0 Å². The standard InChI is InChI=1S/C16H22N2O4/c1-15(2,3)12-7-16(4-5-18(12)14(20)21)11-8-17-13(19)6-10(11)9-22-16/h6,8,12H,4-5,7,9H2,1-3H3,(H,17,19)(H,20,21). The summed E-state index contributed by atoms with van der Waals surface area (Å²) in [5, 5.41) is 9.47. The van der Waals surface area contributed by atoms with Gasteiger partial charge in [-0.25, -0.2) is 4.79 Å². The van der Waals surface area contributed by atoms with Crippen molar-refractivity contribution in [1.82, 2.24) is 9.88 Å². The monoisotopic (exact) mass is 306 g/mol. The Balaban J connectivity index is 1.99. The Morgan fingerprint density at radius 2 is 2.23 bits per heavy atom. The summed E-state index contributed by atoms with van der Waals surface area (Å²) >= 11 is 0. The van der Waals surface area contributed by atoms with E-state index >= 15 is 0 Å². The number of amides is 1. The zero-order chi connectivity index (χ0) is 16.1. The second-order valence-corrected chi connectivity index (χ2v) is 7.33. The highest BCUT2D eigenvalue weighted by atomic mass is 16.5. The molecular weight excluding hydrogens is 284 g/mol. The number of hydrogen-bond acceptors (Lipinski definition) is 3. The summed E-state index contributed by atoms with van der Waals surface area (Å²) in [6, 6.07) is 1.45. The highest BCUT2D eigenvalue weighted by Gasteiger charge is 2.50. The average molecular weight is 306 g/mol. The number of nitrogens with zero attached hydrogens (tertiary/aromatic N) is 1. The quantitative estimate of drug-likeness (QED) is 0.770. The number of carboxylic acid groups (broad SMARTS) is 1. The predicted octanol–water partition coefficient (Wildman–Crippen LogP) is 2.29. The Morgan fingerprint density at radius 3 is 2.86 bits per heavy atom. The van der Waals surface area contributed by atoms with Crippen LogP contribution in [0.2, 0.25) is 0 Å². The van der Waals surface area contributed by atoms with Gasteiger partial charge in [-0.1, -0.05) is 20.8 Å². The van der Waals surface area contributed by atoms with Crippen LogP contribution in [0.5, 0.6) is 0 Å². The third-order valence-electron chi connectivity index (χ3n) is 4.91. The third kappa shape index (κ3) is 2.31. The van der Waals surface area contributed by atoms with Crippen LogP contribution in [0.15, 0.2) is 17.1 Å². The van der Waals surface area contributed by atoms with Crippen LogP contribution in [0.25, 0.3) is 0 Å². The van der Waals surface area contributed by atoms with Crippen molar-refractivity contribution in [2.24, 2.45) is 5.41 Å². The molecule has 0 aromatic carbocycles. The van der Waals surface area contributed by atoms with Crippen molar-refractivity contribution in [3.63, 3.8) is 0 Å². The maximum absolute atomic E-state index is 11.5. The van der Waals surface area contributed by atoms with Gasteiger partial charge in [-0.3, -0.25) is 4.79 Å². The fourth-order valence-electron chi connectivity index (χ4n) is 3.71. The molecule has 2 atom stereocenters. The maximum Gasteiger partial charge on any atom is 0.407 e. The largest absolute Gasteiger partial charge is 0.465 e. The zero-order valence-corrected chi connectivity index (χ0v) is 13.2. The van der Waals surface area contributed by atoms with Gasteiger partial charge in [0.2, 0.25) is 5.56 Å². The Kier molecular flexibility index (Phi) is 3.32. The molecule has 2 N–H and O–H groups in total. The van der Waals surface area contributed by atoms with Gasteiger partial charge in [-0.05, 0) is 17.4 Å². The van der Waals surface area contributed by atoms with E-state index in [-0.39, 0.29) is 17.0 Å². The van der Waals surface area contributed by atoms with E-state index in [4.69, 9.17) is 4.74 Å². The van der Waals surface area contributed by atoms with Crippen LogP contribution < -0.4 is 5.56 Å². The lowest BCUT2D eigenvalue weighted by Gasteiger charge is -2.48. The summed E-state index contributed by atoms with van der Waals surface area (Å²) < 4.78 is 6.08. The lowest BCUT2D eigenvalue weighted by atomic mass is 9.73. The van der Waals surface area contributed by atoms with Crippen molar-refractivity contribution >= 4 is 6.09 Å². The molecule has 2 aliphatic heterocycles. The molecule has 2 unspecified atom stereocenters. The van der Waals surface area contributed by atoms with Gasteiger partial charge < -0.3 is 19.7 Å². The first-order valence-corrected chi connectivity index (χ1v) is 7.58. The molecule has 3 rings (SSSR count). The number of fused-ring (bicyclic) bond motifs is 2. The molecule has 3 heterocycles. The molecule has 1 fully saturated rings. The van der Waals surface area contributed by atoms with E-state index in [0.29, 0.717) is 26.0 Å². The number of likely N-dealkylation sites (tertiary alicyclic amines) is 1. The first-order valence-electron chi connectivity index (χ1n) is 7.58. The van der Waals surface area contributed by atoms with Gasteiger partial charge in [0.05, 0.1) is 12.2 Å². The molecule has 6 nitrogen and oxygen atoms in total. The molecule has 0 radical (unpaired) electrons. The number of rotatable bonds is 0. The summed E-state index contributed by atoms with van der Waals surface area (Å²) in [6.07, 6.45) is 2.09. The molecule has 6 heteroatoms. The van der Waals surface area contributed by atoms with E-state index in [1.807, 2.05) is 0 Å². The second kappa shape index (κ2) is 4.84. The molecule has 1 aromatic rings. The summed E-state index contributed by atoms with van der Waals surface area (Å²) in [4.78, 5) is 27.3. The van der Waals surface area contributed by atoms with E-state index in [0.717, 1.165) is 11.1 Å². The average Bonchev–Trinajstić information content (AvgIpc) is 2.75. The van der Waals surface area contributed by atoms with Crippen LogP contribution in [0.1, 0.15) is 44.7 Å². The van der Waals surface area contributed by atoms with Crippen LogP contribution >= 0.6 is 0 Å². The number of carbonyl (C=O) groups is 1. The van der Waals surface area contributed by atoms with Crippen LogP contribution in [-0.4, -0.2) is 33.7 Å². The molecule has 0 saturated carbocycles. The van der Waals surface area contributed by atoms with Crippen molar-refractivity contribution in [3.8, 4) is 0 Å². The van der Waals surface area contributed by atoms with Crippen LogP contribution in [0.4, 0.5) is 4.79 Å². The molecular formula is C16H22N2O4. The van der Waals surface area contributed by atoms with Gasteiger partial charge in [0, 0.05) is 36.8 Å². The molecule has 1 amide bonds. The van der Waals surface area contributed by atoms with Gasteiger partial charge in [0.25, 0.3) is 0 Å². The zero-order valence-electron chi connectivity index (χ0n) is 13.2. The minimum Gasteiger partial charge on any atom is -0.465 e. The Bertz CT molecular complexity index is 661. The minimum absolute atomic E-state index is 0.128. The molecule has 0 bridgehead atoms. The highest BCUT2D eigenvalue weighted by Crippen LogP contribution is 2.48. The van der Waals surface area contributed by atoms with Gasteiger partial charge in [-0.2, -0.15) is 0 Å². The smallest absolute Gasteiger partial charge is 0.407 e. The van der Waals surface area contributed by atoms with Crippen molar-refractivity contribution in [2.75, 3.05) is 6.54 Å². The molecule has 0 aliphatic carbocycles. The normalized spacial score (nSPS) is 28.0. The third-order valence-corrected chi connectivity index (χ3v) is 4.91. The number of nitrogens with one attached hydrogen (secondary N) is 1. The van der Waals surface area contributed by atoms with E-state index in [9.17, 15) is 14.7 Å². The summed E-state index contributed by atoms with van der Waals surface area (Å²) in [7, 11) is 0. The van der Waals surface area contributed by atoms with E-state index in [1.165, 1.54) is 4.90 Å². The number of piperidine rings is 1. The van der Waals surface area contributed by atoms with Crippen LogP contribution in [0, 0.1) is 5.41 Å². The maximum atomic E-state index is 11.5. The fraction of sp³-hybridized carbons (Fsp3) is 0.625. The van der Waals surface area contributed by atoms with E-state index < -0.39 is 11.7 Å². The number of pyridine rings is 1. The van der Waals surface area contributed by atoms with Crippen LogP contribution in [-0.2, 0) is 16.9 Å². The first kappa shape index (κ1) is 15.1. The van der Waals surface area contributed by atoms with Crippen molar-refractivity contribution in [3.05, 3.63) is 33.7 Å². The number of H-pyrrole nitrogens is 1. The first-order chi connectivity index (χ1) is 10.2. The number of hydrogen-bond donors (Lipinski definition) is 2. The Labute approximate surface area is 129 Å². The minimum atomic E-state index is -0.880. The number of aromatic amines is 1. The molecule has 2 aliphatic rings. The molecule has 1 aromatic heterocycles. The number of aromatic nitrogens is 1. The predicted molar refractivity (Wildman–Crippen MR) is 80.7 cm³/mol. The summed E-state index contributed by atoms with van der Waals surface area (Å²) in [6.45, 7) is 7.01. The van der Waals surface area contributed by atoms with Crippen molar-refractivity contribution in [1.29, 1.82) is 0 Å². The molecule has 120 valence electrons. The second-order valence-electron chi connectivity index (χ2n) is 7.33. The highest BCUT2D eigenvalue weighted by molar-refractivity contribution is 5.66. The van der Waals surface area contributed by atoms with Gasteiger partial charge >= 0.3 is 6.09 Å². The van der Waals surface area contributed by atoms with Crippen molar-refractivity contribution in [2.45, 2.75) is 51.9 Å². The van der Waals surface area contributed by atoms with Crippen LogP contribution in [0.3, 0.4) is 0 Å². The van der Waals surface area contributed by atoms with Crippen molar-refractivity contribution < 1.29 is 14.6 Å². The van der Waals surface area contributed by atoms with E-state index in [1.54, 1.807) is 12.3 Å². The Hall–Kier alpha value is -1.82. The van der Waals surface area contributed by atoms with Gasteiger partial charge in [0.15, 0.2) is 0 Å².